The number of aromatic nitrogens is 1. The molecule has 4 heteroatoms. The van der Waals surface area contributed by atoms with Crippen LogP contribution in [-0.2, 0) is 0 Å². The van der Waals surface area contributed by atoms with Crippen LogP contribution in [0.5, 0.6) is 0 Å². The predicted octanol–water partition coefficient (Wildman–Crippen LogP) is 3.09. The molecule has 0 fully saturated rings. The number of hydrogen-bond acceptors (Lipinski definition) is 4. The van der Waals surface area contributed by atoms with E-state index in [-0.39, 0.29) is 12.1 Å². The highest BCUT2D eigenvalue weighted by atomic mass is 16.3. The molecule has 1 aromatic carbocycles. The lowest BCUT2D eigenvalue weighted by molar-refractivity contribution is 0.202. The van der Waals surface area contributed by atoms with Gasteiger partial charge >= 0.3 is 0 Å². The molecule has 1 aromatic heterocycles. The van der Waals surface area contributed by atoms with Crippen molar-refractivity contribution < 1.29 is 5.11 Å². The minimum atomic E-state index is -0.300. The summed E-state index contributed by atoms with van der Waals surface area (Å²) < 4.78 is 0. The molecule has 20 heavy (non-hydrogen) atoms. The fourth-order valence-corrected chi connectivity index (χ4v) is 2.45. The van der Waals surface area contributed by atoms with Gasteiger partial charge in [-0.05, 0) is 44.0 Å². The Hall–Kier alpha value is -1.81. The minimum absolute atomic E-state index is 0.102. The smallest absolute Gasteiger partial charge is 0.0727 e. The van der Waals surface area contributed by atoms with E-state index in [2.05, 4.69) is 24.1 Å². The summed E-state index contributed by atoms with van der Waals surface area (Å²) in [5.41, 5.74) is 9.15. The molecule has 0 aliphatic carbocycles. The number of pyridine rings is 1. The zero-order valence-electron chi connectivity index (χ0n) is 12.4. The third-order valence-electron chi connectivity index (χ3n) is 4.02. The largest absolute Gasteiger partial charge is 0.399 e. The summed E-state index contributed by atoms with van der Waals surface area (Å²) in [4.78, 5) is 4.53. The van der Waals surface area contributed by atoms with Crippen molar-refractivity contribution >= 4 is 22.3 Å². The van der Waals surface area contributed by atoms with Gasteiger partial charge in [0.25, 0.3) is 0 Å². The van der Waals surface area contributed by atoms with Crippen LogP contribution >= 0.6 is 0 Å². The number of fused-ring (bicyclic) bond motifs is 1. The van der Waals surface area contributed by atoms with E-state index in [0.29, 0.717) is 5.69 Å². The zero-order valence-corrected chi connectivity index (χ0v) is 12.4. The number of anilines is 2. The number of benzene rings is 1. The van der Waals surface area contributed by atoms with Gasteiger partial charge in [-0.25, -0.2) is 0 Å². The van der Waals surface area contributed by atoms with Gasteiger partial charge in [-0.3, -0.25) is 4.98 Å². The lowest BCUT2D eigenvalue weighted by Crippen LogP contribution is -2.40. The van der Waals surface area contributed by atoms with Gasteiger partial charge in [0.15, 0.2) is 0 Å². The number of rotatable bonds is 5. The molecule has 1 heterocycles. The maximum absolute atomic E-state index is 9.73. The molecule has 4 N–H and O–H groups in total. The van der Waals surface area contributed by atoms with Crippen LogP contribution in [0.15, 0.2) is 24.3 Å². The second kappa shape index (κ2) is 5.67. The van der Waals surface area contributed by atoms with Crippen molar-refractivity contribution in [2.75, 3.05) is 17.7 Å². The highest BCUT2D eigenvalue weighted by Gasteiger charge is 2.25. The summed E-state index contributed by atoms with van der Waals surface area (Å²) in [6, 6.07) is 7.73. The first-order chi connectivity index (χ1) is 9.53. The molecular weight excluding hydrogens is 250 g/mol. The fraction of sp³-hybridized carbons (Fsp3) is 0.438. The Morgan fingerprint density at radius 2 is 1.95 bits per heavy atom. The number of aliphatic hydroxyl groups excluding tert-OH is 1. The van der Waals surface area contributed by atoms with Crippen molar-refractivity contribution in [1.82, 2.24) is 4.98 Å². The van der Waals surface area contributed by atoms with E-state index in [1.807, 2.05) is 31.2 Å². The topological polar surface area (TPSA) is 71.2 Å². The first kappa shape index (κ1) is 14.6. The highest BCUT2D eigenvalue weighted by molar-refractivity contribution is 5.93. The van der Waals surface area contributed by atoms with Crippen LogP contribution in [-0.4, -0.2) is 22.2 Å². The zero-order chi connectivity index (χ0) is 14.8. The number of nitrogen functional groups attached to an aromatic ring is 1. The molecule has 0 spiro atoms. The van der Waals surface area contributed by atoms with Gasteiger partial charge in [0.2, 0.25) is 0 Å². The number of nitrogens with two attached hydrogens (primary N) is 1. The highest BCUT2D eigenvalue weighted by Crippen LogP contribution is 2.29. The number of hydrogen-bond donors (Lipinski definition) is 3. The molecule has 0 saturated heterocycles. The maximum Gasteiger partial charge on any atom is 0.0727 e. The molecule has 2 aromatic rings. The summed E-state index contributed by atoms with van der Waals surface area (Å²) in [6.07, 6.45) is 1.70. The van der Waals surface area contributed by atoms with Crippen LogP contribution in [0, 0.1) is 6.92 Å². The van der Waals surface area contributed by atoms with Gasteiger partial charge in [0.05, 0.1) is 17.7 Å². The third-order valence-corrected chi connectivity index (χ3v) is 4.02. The average molecular weight is 273 g/mol. The first-order valence-electron chi connectivity index (χ1n) is 7.09. The van der Waals surface area contributed by atoms with Gasteiger partial charge in [0.1, 0.15) is 0 Å². The summed E-state index contributed by atoms with van der Waals surface area (Å²) in [5, 5.41) is 14.2. The fourth-order valence-electron chi connectivity index (χ4n) is 2.45. The Morgan fingerprint density at radius 3 is 2.55 bits per heavy atom. The third kappa shape index (κ3) is 2.70. The molecule has 0 amide bonds. The van der Waals surface area contributed by atoms with E-state index in [1.165, 1.54) is 0 Å². The average Bonchev–Trinajstić information content (AvgIpc) is 2.45. The van der Waals surface area contributed by atoms with Crippen LogP contribution in [0.4, 0.5) is 11.4 Å². The summed E-state index contributed by atoms with van der Waals surface area (Å²) >= 11 is 0. The standard InChI is InChI=1S/C16H23N3O/c1-4-16(5-2,10-20)19-15-8-11(3)18-14-7-6-12(17)9-13(14)15/h6-9,20H,4-5,10,17H2,1-3H3,(H,18,19). The maximum atomic E-state index is 9.73. The Labute approximate surface area is 120 Å². The molecular formula is C16H23N3O. The molecule has 108 valence electrons. The molecule has 0 unspecified atom stereocenters. The molecule has 0 bridgehead atoms. The van der Waals surface area contributed by atoms with Gasteiger partial charge in [-0.1, -0.05) is 13.8 Å². The Morgan fingerprint density at radius 1 is 1.25 bits per heavy atom. The van der Waals surface area contributed by atoms with Gasteiger partial charge in [-0.2, -0.15) is 0 Å². The minimum Gasteiger partial charge on any atom is -0.399 e. The van der Waals surface area contributed by atoms with Crippen LogP contribution in [0.2, 0.25) is 0 Å². The van der Waals surface area contributed by atoms with Crippen molar-refractivity contribution in [1.29, 1.82) is 0 Å². The monoisotopic (exact) mass is 273 g/mol. The number of nitrogens with zero attached hydrogens (tertiary/aromatic N) is 1. The van der Waals surface area contributed by atoms with Crippen LogP contribution in [0.3, 0.4) is 0 Å². The second-order valence-electron chi connectivity index (χ2n) is 5.36. The second-order valence-corrected chi connectivity index (χ2v) is 5.36. The van der Waals surface area contributed by atoms with E-state index in [0.717, 1.165) is 35.1 Å². The van der Waals surface area contributed by atoms with Crippen molar-refractivity contribution in [3.05, 3.63) is 30.0 Å². The van der Waals surface area contributed by atoms with Gasteiger partial charge < -0.3 is 16.2 Å². The first-order valence-corrected chi connectivity index (χ1v) is 7.09. The lowest BCUT2D eigenvalue weighted by Gasteiger charge is -2.32. The Balaban J connectivity index is 2.55. The molecule has 0 atom stereocenters. The molecule has 0 aliphatic heterocycles. The quantitative estimate of drug-likeness (QED) is 0.732. The van der Waals surface area contributed by atoms with Crippen molar-refractivity contribution in [3.8, 4) is 0 Å². The Bertz CT molecular complexity index is 598. The number of aliphatic hydroxyl groups is 1. The number of nitrogens with one attached hydrogen (secondary N) is 1. The van der Waals surface area contributed by atoms with Crippen LogP contribution < -0.4 is 11.1 Å². The summed E-state index contributed by atoms with van der Waals surface area (Å²) in [5.74, 6) is 0. The van der Waals surface area contributed by atoms with E-state index in [4.69, 9.17) is 5.73 Å². The Kier molecular flexibility index (Phi) is 4.14. The summed E-state index contributed by atoms with van der Waals surface area (Å²) in [6.45, 7) is 6.24. The van der Waals surface area contributed by atoms with Gasteiger partial charge in [-0.15, -0.1) is 0 Å². The molecule has 0 saturated carbocycles. The van der Waals surface area contributed by atoms with E-state index < -0.39 is 0 Å². The van der Waals surface area contributed by atoms with Crippen LogP contribution in [0.25, 0.3) is 10.9 Å². The summed E-state index contributed by atoms with van der Waals surface area (Å²) in [7, 11) is 0. The van der Waals surface area contributed by atoms with Crippen molar-refractivity contribution in [3.63, 3.8) is 0 Å². The molecule has 0 aliphatic rings. The molecule has 2 rings (SSSR count). The lowest BCUT2D eigenvalue weighted by atomic mass is 9.93. The van der Waals surface area contributed by atoms with Crippen molar-refractivity contribution in [2.24, 2.45) is 0 Å². The van der Waals surface area contributed by atoms with Gasteiger partial charge in [0, 0.05) is 22.5 Å². The molecule has 4 nitrogen and oxygen atoms in total. The van der Waals surface area contributed by atoms with E-state index in [9.17, 15) is 5.11 Å². The van der Waals surface area contributed by atoms with Crippen molar-refractivity contribution in [2.45, 2.75) is 39.2 Å². The number of aryl methyl sites for hydroxylation is 1. The molecule has 0 radical (unpaired) electrons. The van der Waals surface area contributed by atoms with E-state index in [1.54, 1.807) is 0 Å². The van der Waals surface area contributed by atoms with E-state index >= 15 is 0 Å². The predicted molar refractivity (Wildman–Crippen MR) is 84.9 cm³/mol. The normalized spacial score (nSPS) is 11.8. The van der Waals surface area contributed by atoms with Crippen LogP contribution in [0.1, 0.15) is 32.4 Å². The SMILES string of the molecule is CCC(CC)(CO)Nc1cc(C)nc2ccc(N)cc12.